The van der Waals surface area contributed by atoms with E-state index in [9.17, 15) is 43.2 Å². The smallest absolute Gasteiger partial charge is 0.421 e. The van der Waals surface area contributed by atoms with Crippen LogP contribution in [0.4, 0.5) is 26.3 Å². The van der Waals surface area contributed by atoms with Crippen LogP contribution in [0.5, 0.6) is 0 Å². The number of nitrogens with zero attached hydrogens (tertiary/aromatic N) is 3. The Kier molecular flexibility index (Phi) is 15.2. The molecule has 0 saturated heterocycles. The zero-order chi connectivity index (χ0) is 30.3. The quantitative estimate of drug-likeness (QED) is 0.110. The molecule has 0 N–H and O–H groups in total. The number of alkyl halides is 6. The topological polar surface area (TPSA) is 91.2 Å². The number of unbranched alkanes of at least 4 members (excludes halogenated alkanes) is 11. The SMILES string of the molecule is CCCCCCCCCCCCCC[n+]1ccn(-c2ccccc2)c1.O=S(=O)([N-]S(=O)(=O)C(F)(F)F)C(F)(F)F. The average molecular weight is 622 g/mol. The number of halogens is 6. The zero-order valence-electron chi connectivity index (χ0n) is 22.4. The Morgan fingerprint density at radius 1 is 0.700 bits per heavy atom. The molecule has 2 rings (SSSR count). The van der Waals surface area contributed by atoms with Crippen LogP contribution in [0.25, 0.3) is 9.81 Å². The van der Waals surface area contributed by atoms with E-state index >= 15 is 0 Å². The molecule has 0 aliphatic carbocycles. The van der Waals surface area contributed by atoms with Crippen molar-refractivity contribution in [2.75, 3.05) is 0 Å². The van der Waals surface area contributed by atoms with Crippen molar-refractivity contribution in [1.82, 2.24) is 4.57 Å². The second-order valence-electron chi connectivity index (χ2n) is 9.20. The molecular formula is C25H37F6N3O4S2. The van der Waals surface area contributed by atoms with Gasteiger partial charge in [-0.15, -0.1) is 0 Å². The van der Waals surface area contributed by atoms with E-state index in [0.717, 1.165) is 10.7 Å². The van der Waals surface area contributed by atoms with Crippen LogP contribution in [-0.4, -0.2) is 32.4 Å². The molecule has 0 spiro atoms. The van der Waals surface area contributed by atoms with Crippen LogP contribution >= 0.6 is 0 Å². The maximum atomic E-state index is 11.4. The molecule has 0 fully saturated rings. The second kappa shape index (κ2) is 17.0. The van der Waals surface area contributed by atoms with Gasteiger partial charge in [-0.2, -0.15) is 26.3 Å². The summed E-state index contributed by atoms with van der Waals surface area (Å²) < 4.78 is 114. The number of imidazole rings is 1. The molecule has 0 saturated carbocycles. The van der Waals surface area contributed by atoms with E-state index in [1.165, 1.54) is 82.7 Å². The third-order valence-electron chi connectivity index (χ3n) is 5.80. The number of aryl methyl sites for hydroxylation is 1. The fourth-order valence-electron chi connectivity index (χ4n) is 3.63. The minimum Gasteiger partial charge on any atom is -0.421 e. The molecule has 0 bridgehead atoms. The van der Waals surface area contributed by atoms with Crippen LogP contribution in [0.15, 0.2) is 49.1 Å². The lowest BCUT2D eigenvalue weighted by atomic mass is 10.1. The molecule has 230 valence electrons. The van der Waals surface area contributed by atoms with Crippen molar-refractivity contribution in [1.29, 1.82) is 0 Å². The standard InChI is InChI=1S/C23H37N2.C2F6NO4S2/c1-2-3-4-5-6-7-8-9-10-11-12-16-19-24-20-21-25(22-24)23-17-14-13-15-18-23;3-1(4,5)14(10,11)9-15(12,13)2(6,7)8/h13-15,17-18,20-22H,2-12,16,19H2,1H3;/q+1;-1. The number of sulfonamides is 2. The lowest BCUT2D eigenvalue weighted by Crippen LogP contribution is -2.30. The van der Waals surface area contributed by atoms with Gasteiger partial charge < -0.3 is 4.13 Å². The van der Waals surface area contributed by atoms with E-state index in [1.807, 2.05) is 0 Å². The summed E-state index contributed by atoms with van der Waals surface area (Å²) in [6.07, 6.45) is 23.5. The molecule has 7 nitrogen and oxygen atoms in total. The predicted octanol–water partition coefficient (Wildman–Crippen LogP) is 7.53. The number of para-hydroxylation sites is 1. The largest absolute Gasteiger partial charge is 0.480 e. The Balaban J connectivity index is 0.000000459. The molecule has 0 amide bonds. The van der Waals surface area contributed by atoms with E-state index in [-0.39, 0.29) is 0 Å². The molecule has 0 atom stereocenters. The van der Waals surface area contributed by atoms with Crippen molar-refractivity contribution >= 4 is 20.0 Å². The van der Waals surface area contributed by atoms with E-state index in [1.54, 1.807) is 0 Å². The van der Waals surface area contributed by atoms with E-state index < -0.39 is 31.1 Å². The Bertz CT molecular complexity index is 1140. The first kappa shape index (κ1) is 35.9. The summed E-state index contributed by atoms with van der Waals surface area (Å²) >= 11 is 0. The van der Waals surface area contributed by atoms with Gasteiger partial charge in [0.2, 0.25) is 6.33 Å². The fraction of sp³-hybridized carbons (Fsp3) is 0.640. The highest BCUT2D eigenvalue weighted by molar-refractivity contribution is 8.13. The predicted molar refractivity (Wildman–Crippen MR) is 140 cm³/mol. The highest BCUT2D eigenvalue weighted by atomic mass is 32.3. The van der Waals surface area contributed by atoms with Crippen molar-refractivity contribution in [2.24, 2.45) is 0 Å². The Morgan fingerprint density at radius 2 is 1.12 bits per heavy atom. The van der Waals surface area contributed by atoms with E-state index in [0.29, 0.717) is 0 Å². The van der Waals surface area contributed by atoms with Crippen molar-refractivity contribution in [3.63, 3.8) is 0 Å². The van der Waals surface area contributed by atoms with Gasteiger partial charge in [0, 0.05) is 0 Å². The van der Waals surface area contributed by atoms with Crippen molar-refractivity contribution in [3.05, 3.63) is 53.2 Å². The first-order valence-corrected chi connectivity index (χ1v) is 16.0. The van der Waals surface area contributed by atoms with Crippen LogP contribution in [-0.2, 0) is 26.6 Å². The van der Waals surface area contributed by atoms with Crippen LogP contribution < -0.4 is 4.57 Å². The first-order valence-electron chi connectivity index (χ1n) is 13.1. The second-order valence-corrected chi connectivity index (χ2v) is 12.6. The number of aromatic nitrogens is 2. The van der Waals surface area contributed by atoms with Crippen molar-refractivity contribution in [3.8, 4) is 5.69 Å². The average Bonchev–Trinajstić information content (AvgIpc) is 3.33. The number of benzene rings is 1. The van der Waals surface area contributed by atoms with Gasteiger partial charge in [-0.05, 0) is 25.0 Å². The molecule has 0 radical (unpaired) electrons. The highest BCUT2D eigenvalue weighted by Crippen LogP contribution is 2.36. The van der Waals surface area contributed by atoms with Crippen LogP contribution in [0.1, 0.15) is 84.0 Å². The third-order valence-corrected chi connectivity index (χ3v) is 8.54. The minimum atomic E-state index is -6.72. The molecule has 1 aromatic carbocycles. The van der Waals surface area contributed by atoms with Gasteiger partial charge in [0.25, 0.3) is 0 Å². The van der Waals surface area contributed by atoms with Gasteiger partial charge >= 0.3 is 11.0 Å². The summed E-state index contributed by atoms with van der Waals surface area (Å²) in [7, 11) is -13.4. The summed E-state index contributed by atoms with van der Waals surface area (Å²) in [5, 5.41) is 0. The maximum absolute atomic E-state index is 11.4. The van der Waals surface area contributed by atoms with Crippen molar-refractivity contribution in [2.45, 2.75) is 102 Å². The van der Waals surface area contributed by atoms with Gasteiger partial charge in [-0.1, -0.05) is 89.3 Å². The molecule has 40 heavy (non-hydrogen) atoms. The molecule has 0 unspecified atom stereocenters. The molecular weight excluding hydrogens is 584 g/mol. The van der Waals surface area contributed by atoms with Gasteiger partial charge in [-0.3, -0.25) is 0 Å². The summed E-state index contributed by atoms with van der Waals surface area (Å²) in [6, 6.07) is 10.5. The molecule has 2 aromatic rings. The Hall–Kier alpha value is -2.13. The third kappa shape index (κ3) is 13.5. The Morgan fingerprint density at radius 3 is 1.55 bits per heavy atom. The van der Waals surface area contributed by atoms with Gasteiger partial charge in [0.05, 0.1) is 6.54 Å². The van der Waals surface area contributed by atoms with Gasteiger partial charge in [-0.25, -0.2) is 26.0 Å². The lowest BCUT2D eigenvalue weighted by molar-refractivity contribution is -0.696. The molecule has 15 heteroatoms. The monoisotopic (exact) mass is 621 g/mol. The summed E-state index contributed by atoms with van der Waals surface area (Å²) in [4.78, 5) is 0. The molecule has 1 aromatic heterocycles. The van der Waals surface area contributed by atoms with Crippen LogP contribution in [0, 0.1) is 0 Å². The van der Waals surface area contributed by atoms with Crippen molar-refractivity contribution < 1.29 is 47.7 Å². The highest BCUT2D eigenvalue weighted by Gasteiger charge is 2.46. The maximum Gasteiger partial charge on any atom is 0.480 e. The van der Waals surface area contributed by atoms with Crippen LogP contribution in [0.2, 0.25) is 0 Å². The molecule has 0 aliphatic heterocycles. The zero-order valence-corrected chi connectivity index (χ0v) is 24.0. The fourth-order valence-corrected chi connectivity index (χ4v) is 5.34. The number of rotatable bonds is 16. The summed E-state index contributed by atoms with van der Waals surface area (Å²) in [6.45, 7) is 3.43. The molecule has 1 heterocycles. The minimum absolute atomic E-state index is 0.778. The van der Waals surface area contributed by atoms with E-state index in [2.05, 4.69) is 65.1 Å². The summed E-state index contributed by atoms with van der Waals surface area (Å²) in [5.74, 6) is 0. The summed E-state index contributed by atoms with van der Waals surface area (Å²) in [5.41, 5.74) is -11.2. The normalized spacial score (nSPS) is 12.7. The first-order chi connectivity index (χ1) is 18.6. The Labute approximate surface area is 232 Å². The van der Waals surface area contributed by atoms with Gasteiger partial charge in [0.15, 0.2) is 20.0 Å². The van der Waals surface area contributed by atoms with Crippen LogP contribution in [0.3, 0.4) is 0 Å². The number of hydrogen-bond acceptors (Lipinski definition) is 4. The van der Waals surface area contributed by atoms with Gasteiger partial charge in [0.1, 0.15) is 18.1 Å². The number of hydrogen-bond donors (Lipinski definition) is 0. The molecule has 0 aliphatic rings. The van der Waals surface area contributed by atoms with E-state index in [4.69, 9.17) is 0 Å². The lowest BCUT2D eigenvalue weighted by Gasteiger charge is -2.22.